The normalized spacial score (nSPS) is 16.9. The Balaban J connectivity index is 1.94. The van der Waals surface area contributed by atoms with Crippen molar-refractivity contribution < 1.29 is 14.3 Å². The van der Waals surface area contributed by atoms with Crippen LogP contribution in [0.1, 0.15) is 33.6 Å². The first kappa shape index (κ1) is 16.8. The molecule has 0 spiro atoms. The van der Waals surface area contributed by atoms with E-state index in [1.807, 2.05) is 57.2 Å². The lowest BCUT2D eigenvalue weighted by Gasteiger charge is -2.27. The molecule has 0 radical (unpaired) electrons. The van der Waals surface area contributed by atoms with Crippen LogP contribution in [0.15, 0.2) is 36.4 Å². The van der Waals surface area contributed by atoms with Crippen LogP contribution >= 0.6 is 0 Å². The largest absolute Gasteiger partial charge is 0.490 e. The number of hydrogen-bond donors (Lipinski definition) is 1. The third-order valence-electron chi connectivity index (χ3n) is 4.73. The summed E-state index contributed by atoms with van der Waals surface area (Å²) in [6.45, 7) is 5.88. The zero-order chi connectivity index (χ0) is 17.3. The Hall–Kier alpha value is -2.07. The number of nitrogens with one attached hydrogen (secondary N) is 1. The van der Waals surface area contributed by atoms with Crippen LogP contribution in [-0.2, 0) is 9.53 Å². The first-order chi connectivity index (χ1) is 11.5. The maximum atomic E-state index is 12.8. The number of rotatable bonds is 6. The molecule has 0 bridgehead atoms. The fourth-order valence-electron chi connectivity index (χ4n) is 3.06. The van der Waals surface area contributed by atoms with E-state index in [1.54, 1.807) is 7.11 Å². The minimum Gasteiger partial charge on any atom is -0.490 e. The predicted molar refractivity (Wildman–Crippen MR) is 96.5 cm³/mol. The van der Waals surface area contributed by atoms with Crippen molar-refractivity contribution in [1.82, 2.24) is 0 Å². The van der Waals surface area contributed by atoms with Gasteiger partial charge in [-0.05, 0) is 51.7 Å². The molecule has 0 aliphatic heterocycles. The van der Waals surface area contributed by atoms with Crippen molar-refractivity contribution in [2.75, 3.05) is 12.4 Å². The van der Waals surface area contributed by atoms with Gasteiger partial charge in [0.15, 0.2) is 0 Å². The summed E-state index contributed by atoms with van der Waals surface area (Å²) < 4.78 is 11.4. The predicted octanol–water partition coefficient (Wildman–Crippen LogP) is 4.38. The molecule has 1 N–H and O–H groups in total. The summed E-state index contributed by atoms with van der Waals surface area (Å²) in [5.74, 6) is 1.04. The maximum absolute atomic E-state index is 12.8. The molecule has 1 aliphatic rings. The second-order valence-corrected chi connectivity index (χ2v) is 6.86. The van der Waals surface area contributed by atoms with Gasteiger partial charge in [0.2, 0.25) is 0 Å². The highest BCUT2D eigenvalue weighted by Gasteiger charge is 2.47. The van der Waals surface area contributed by atoms with Crippen LogP contribution in [0.2, 0.25) is 0 Å². The van der Waals surface area contributed by atoms with E-state index in [-0.39, 0.29) is 12.0 Å². The van der Waals surface area contributed by atoms with Gasteiger partial charge < -0.3 is 14.8 Å². The number of benzene rings is 2. The number of anilines is 1. The Kier molecular flexibility index (Phi) is 4.50. The van der Waals surface area contributed by atoms with Gasteiger partial charge in [-0.3, -0.25) is 4.79 Å². The summed E-state index contributed by atoms with van der Waals surface area (Å²) in [4.78, 5) is 12.8. The molecule has 2 aromatic rings. The minimum absolute atomic E-state index is 0.0878. The Morgan fingerprint density at radius 1 is 1.17 bits per heavy atom. The van der Waals surface area contributed by atoms with Gasteiger partial charge in [0.05, 0.1) is 6.10 Å². The van der Waals surface area contributed by atoms with Gasteiger partial charge in [-0.25, -0.2) is 0 Å². The summed E-state index contributed by atoms with van der Waals surface area (Å²) in [5.41, 5.74) is 0.0180. The highest BCUT2D eigenvalue weighted by molar-refractivity contribution is 6.06. The Morgan fingerprint density at radius 3 is 2.42 bits per heavy atom. The van der Waals surface area contributed by atoms with Crippen molar-refractivity contribution in [2.24, 2.45) is 5.92 Å². The molecule has 0 heterocycles. The smallest absolute Gasteiger partial charge is 0.256 e. The lowest BCUT2D eigenvalue weighted by Crippen LogP contribution is -2.44. The molecule has 4 heteroatoms. The summed E-state index contributed by atoms with van der Waals surface area (Å²) in [6, 6.07) is 11.8. The Bertz CT molecular complexity index is 752. The van der Waals surface area contributed by atoms with E-state index in [0.717, 1.165) is 35.1 Å². The molecular weight excluding hydrogens is 302 g/mol. The second-order valence-electron chi connectivity index (χ2n) is 6.86. The van der Waals surface area contributed by atoms with E-state index in [4.69, 9.17) is 9.47 Å². The van der Waals surface area contributed by atoms with E-state index < -0.39 is 5.60 Å². The summed E-state index contributed by atoms with van der Waals surface area (Å²) in [7, 11) is 1.61. The average Bonchev–Trinajstić information content (AvgIpc) is 3.41. The van der Waals surface area contributed by atoms with Gasteiger partial charge in [0.1, 0.15) is 11.4 Å². The van der Waals surface area contributed by atoms with Gasteiger partial charge in [0, 0.05) is 23.6 Å². The standard InChI is InChI=1S/C20H25NO3/c1-13(2)24-18-12-11-17(15-7-5-6-8-16(15)18)21-19(22)20(3,23-4)14-9-10-14/h5-8,11-14H,9-10H2,1-4H3,(H,21,22)/t20-/m0/s1. The van der Waals surface area contributed by atoms with E-state index in [2.05, 4.69) is 5.32 Å². The van der Waals surface area contributed by atoms with E-state index >= 15 is 0 Å². The van der Waals surface area contributed by atoms with E-state index in [1.165, 1.54) is 0 Å². The second kappa shape index (κ2) is 6.44. The first-order valence-electron chi connectivity index (χ1n) is 8.50. The van der Waals surface area contributed by atoms with Crippen LogP contribution in [0.25, 0.3) is 10.8 Å². The lowest BCUT2D eigenvalue weighted by molar-refractivity contribution is -0.138. The summed E-state index contributed by atoms with van der Waals surface area (Å²) in [5, 5.41) is 5.02. The Labute approximate surface area is 143 Å². The molecule has 1 aliphatic carbocycles. The van der Waals surface area contributed by atoms with Crippen molar-refractivity contribution in [3.8, 4) is 5.75 Å². The van der Waals surface area contributed by atoms with Crippen LogP contribution in [0.3, 0.4) is 0 Å². The zero-order valence-electron chi connectivity index (χ0n) is 14.8. The quantitative estimate of drug-likeness (QED) is 0.856. The molecule has 0 unspecified atom stereocenters. The number of ether oxygens (including phenoxy) is 2. The molecular formula is C20H25NO3. The van der Waals surface area contributed by atoms with Gasteiger partial charge in [-0.15, -0.1) is 0 Å². The number of methoxy groups -OCH3 is 1. The summed E-state index contributed by atoms with van der Waals surface area (Å²) >= 11 is 0. The van der Waals surface area contributed by atoms with Crippen molar-refractivity contribution in [3.05, 3.63) is 36.4 Å². The summed E-state index contributed by atoms with van der Waals surface area (Å²) in [6.07, 6.45) is 2.18. The maximum Gasteiger partial charge on any atom is 0.256 e. The Morgan fingerprint density at radius 2 is 1.83 bits per heavy atom. The molecule has 1 amide bonds. The molecule has 2 aromatic carbocycles. The average molecular weight is 327 g/mol. The fraction of sp³-hybridized carbons (Fsp3) is 0.450. The number of amides is 1. The van der Waals surface area contributed by atoms with Crippen LogP contribution in [0.5, 0.6) is 5.75 Å². The molecule has 3 rings (SSSR count). The lowest BCUT2D eigenvalue weighted by atomic mass is 9.98. The zero-order valence-corrected chi connectivity index (χ0v) is 14.8. The molecule has 1 saturated carbocycles. The topological polar surface area (TPSA) is 47.6 Å². The number of carbonyl (C=O) groups excluding carboxylic acids is 1. The van der Waals surface area contributed by atoms with Crippen LogP contribution in [0.4, 0.5) is 5.69 Å². The molecule has 24 heavy (non-hydrogen) atoms. The van der Waals surface area contributed by atoms with Crippen LogP contribution in [-0.4, -0.2) is 24.7 Å². The SMILES string of the molecule is CO[C@](C)(C(=O)Nc1ccc(OC(C)C)c2ccccc12)C1CC1. The van der Waals surface area contributed by atoms with Crippen molar-refractivity contribution in [1.29, 1.82) is 0 Å². The first-order valence-corrected chi connectivity index (χ1v) is 8.50. The molecule has 0 saturated heterocycles. The van der Waals surface area contributed by atoms with Gasteiger partial charge in [0.25, 0.3) is 5.91 Å². The molecule has 128 valence electrons. The van der Waals surface area contributed by atoms with E-state index in [0.29, 0.717) is 5.92 Å². The van der Waals surface area contributed by atoms with Gasteiger partial charge in [-0.2, -0.15) is 0 Å². The highest BCUT2D eigenvalue weighted by atomic mass is 16.5. The van der Waals surface area contributed by atoms with Gasteiger partial charge >= 0.3 is 0 Å². The molecule has 0 aromatic heterocycles. The van der Waals surface area contributed by atoms with Crippen molar-refractivity contribution in [2.45, 2.75) is 45.3 Å². The van der Waals surface area contributed by atoms with Crippen LogP contribution < -0.4 is 10.1 Å². The molecule has 1 atom stereocenters. The fourth-order valence-corrected chi connectivity index (χ4v) is 3.06. The number of fused-ring (bicyclic) bond motifs is 1. The van der Waals surface area contributed by atoms with Crippen molar-refractivity contribution >= 4 is 22.4 Å². The third kappa shape index (κ3) is 3.11. The monoisotopic (exact) mass is 327 g/mol. The van der Waals surface area contributed by atoms with E-state index in [9.17, 15) is 4.79 Å². The highest BCUT2D eigenvalue weighted by Crippen LogP contribution is 2.42. The van der Waals surface area contributed by atoms with Gasteiger partial charge in [-0.1, -0.05) is 24.3 Å². The number of hydrogen-bond acceptors (Lipinski definition) is 3. The number of carbonyl (C=O) groups is 1. The third-order valence-corrected chi connectivity index (χ3v) is 4.73. The molecule has 1 fully saturated rings. The van der Waals surface area contributed by atoms with Crippen LogP contribution in [0, 0.1) is 5.92 Å². The van der Waals surface area contributed by atoms with Crippen molar-refractivity contribution in [3.63, 3.8) is 0 Å². The molecule has 4 nitrogen and oxygen atoms in total. The minimum atomic E-state index is -0.770.